The van der Waals surface area contributed by atoms with Crippen LogP contribution >= 0.6 is 0 Å². The lowest BCUT2D eigenvalue weighted by Gasteiger charge is -2.28. The second kappa shape index (κ2) is 6.71. The van der Waals surface area contributed by atoms with Gasteiger partial charge in [0.15, 0.2) is 0 Å². The molecule has 0 radical (unpaired) electrons. The summed E-state index contributed by atoms with van der Waals surface area (Å²) < 4.78 is 5.34. The minimum atomic E-state index is -0.163. The van der Waals surface area contributed by atoms with Crippen molar-refractivity contribution in [1.82, 2.24) is 0 Å². The van der Waals surface area contributed by atoms with Gasteiger partial charge in [-0.05, 0) is 55.0 Å². The minimum Gasteiger partial charge on any atom is -0.508 e. The molecule has 0 bridgehead atoms. The fraction of sp³-hybridized carbons (Fsp3) is 0.278. The third-order valence-electron chi connectivity index (χ3n) is 3.96. The molecule has 1 fully saturated rings. The van der Waals surface area contributed by atoms with Crippen molar-refractivity contribution in [3.05, 3.63) is 53.6 Å². The zero-order chi connectivity index (χ0) is 16.2. The fourth-order valence-corrected chi connectivity index (χ4v) is 2.58. The first-order chi connectivity index (χ1) is 11.1. The Morgan fingerprint density at radius 1 is 1.13 bits per heavy atom. The van der Waals surface area contributed by atoms with E-state index in [1.807, 2.05) is 24.3 Å². The van der Waals surface area contributed by atoms with E-state index in [0.717, 1.165) is 37.6 Å². The normalized spacial score (nSPS) is 14.6. The molecule has 1 aliphatic heterocycles. The van der Waals surface area contributed by atoms with E-state index >= 15 is 0 Å². The number of rotatable bonds is 3. The number of ether oxygens (including phenoxy) is 1. The Bertz CT molecular complexity index is 692. The van der Waals surface area contributed by atoms with Gasteiger partial charge in [0.05, 0.1) is 13.2 Å². The third kappa shape index (κ3) is 3.63. The van der Waals surface area contributed by atoms with E-state index in [-0.39, 0.29) is 11.7 Å². The number of nitrogens with zero attached hydrogens (tertiary/aromatic N) is 1. The molecular weight excluding hydrogens is 292 g/mol. The predicted molar refractivity (Wildman–Crippen MR) is 90.3 cm³/mol. The lowest BCUT2D eigenvalue weighted by molar-refractivity contribution is 0.102. The van der Waals surface area contributed by atoms with Crippen LogP contribution in [0.5, 0.6) is 5.75 Å². The predicted octanol–water partition coefficient (Wildman–Crippen LogP) is 2.79. The van der Waals surface area contributed by atoms with Crippen LogP contribution in [0.3, 0.4) is 0 Å². The number of aromatic hydroxyl groups is 1. The fourth-order valence-electron chi connectivity index (χ4n) is 2.58. The number of hydrogen-bond donors (Lipinski definition) is 2. The van der Waals surface area contributed by atoms with Crippen LogP contribution in [0.2, 0.25) is 0 Å². The van der Waals surface area contributed by atoms with Crippen LogP contribution in [-0.2, 0) is 4.74 Å². The van der Waals surface area contributed by atoms with Crippen LogP contribution in [0.15, 0.2) is 42.5 Å². The average Bonchev–Trinajstić information content (AvgIpc) is 2.59. The molecule has 5 heteroatoms. The molecule has 0 unspecified atom stereocenters. The van der Waals surface area contributed by atoms with Crippen LogP contribution < -0.4 is 10.2 Å². The minimum absolute atomic E-state index is 0.163. The van der Waals surface area contributed by atoms with Gasteiger partial charge in [-0.25, -0.2) is 0 Å². The maximum absolute atomic E-state index is 12.3. The lowest BCUT2D eigenvalue weighted by atomic mass is 10.1. The number of carbonyl (C=O) groups is 1. The molecule has 0 aromatic heterocycles. The molecule has 1 heterocycles. The van der Waals surface area contributed by atoms with E-state index in [1.165, 1.54) is 0 Å². The highest BCUT2D eigenvalue weighted by Gasteiger charge is 2.12. The Labute approximate surface area is 135 Å². The maximum atomic E-state index is 12.3. The zero-order valence-corrected chi connectivity index (χ0v) is 13.1. The van der Waals surface area contributed by atoms with Crippen LogP contribution in [-0.4, -0.2) is 37.3 Å². The summed E-state index contributed by atoms with van der Waals surface area (Å²) in [6.07, 6.45) is 0. The van der Waals surface area contributed by atoms with Crippen LogP contribution in [0, 0.1) is 6.92 Å². The molecule has 2 aromatic rings. The van der Waals surface area contributed by atoms with Crippen molar-refractivity contribution in [3.63, 3.8) is 0 Å². The summed E-state index contributed by atoms with van der Waals surface area (Å²) in [4.78, 5) is 14.5. The number of hydrogen-bond acceptors (Lipinski definition) is 4. The van der Waals surface area contributed by atoms with Crippen molar-refractivity contribution in [2.45, 2.75) is 6.92 Å². The number of phenols is 1. The van der Waals surface area contributed by atoms with E-state index < -0.39 is 0 Å². The van der Waals surface area contributed by atoms with Gasteiger partial charge in [-0.3, -0.25) is 4.79 Å². The Morgan fingerprint density at radius 3 is 2.48 bits per heavy atom. The molecule has 1 saturated heterocycles. The second-order valence-electron chi connectivity index (χ2n) is 5.60. The molecule has 2 N–H and O–H groups in total. The van der Waals surface area contributed by atoms with Crippen molar-refractivity contribution in [2.24, 2.45) is 0 Å². The average molecular weight is 312 g/mol. The number of carbonyl (C=O) groups excluding carboxylic acids is 1. The van der Waals surface area contributed by atoms with E-state index in [1.54, 1.807) is 25.1 Å². The number of anilines is 2. The van der Waals surface area contributed by atoms with Gasteiger partial charge in [0.1, 0.15) is 5.75 Å². The van der Waals surface area contributed by atoms with E-state index in [2.05, 4.69) is 10.2 Å². The molecule has 0 atom stereocenters. The van der Waals surface area contributed by atoms with E-state index in [9.17, 15) is 9.90 Å². The van der Waals surface area contributed by atoms with Gasteiger partial charge in [0.25, 0.3) is 5.91 Å². The third-order valence-corrected chi connectivity index (χ3v) is 3.96. The van der Waals surface area contributed by atoms with Gasteiger partial charge < -0.3 is 20.1 Å². The SMILES string of the molecule is Cc1cc(NC(=O)c2ccc(N3CCOCC3)cc2)ccc1O. The van der Waals surface area contributed by atoms with Gasteiger partial charge >= 0.3 is 0 Å². The van der Waals surface area contributed by atoms with Crippen molar-refractivity contribution >= 4 is 17.3 Å². The maximum Gasteiger partial charge on any atom is 0.255 e. The van der Waals surface area contributed by atoms with Crippen LogP contribution in [0.25, 0.3) is 0 Å². The standard InChI is InChI=1S/C18H20N2O3/c1-13-12-15(4-7-17(13)21)19-18(22)14-2-5-16(6-3-14)20-8-10-23-11-9-20/h2-7,12,21H,8-11H2,1H3,(H,19,22). The smallest absolute Gasteiger partial charge is 0.255 e. The topological polar surface area (TPSA) is 61.8 Å². The molecule has 0 spiro atoms. The van der Waals surface area contributed by atoms with Crippen molar-refractivity contribution < 1.29 is 14.6 Å². The largest absolute Gasteiger partial charge is 0.508 e. The zero-order valence-electron chi connectivity index (χ0n) is 13.1. The Kier molecular flexibility index (Phi) is 4.48. The molecule has 1 aliphatic rings. The monoisotopic (exact) mass is 312 g/mol. The molecular formula is C18H20N2O3. The number of benzene rings is 2. The highest BCUT2D eigenvalue weighted by Crippen LogP contribution is 2.21. The number of aryl methyl sites for hydroxylation is 1. The number of amides is 1. The summed E-state index contributed by atoms with van der Waals surface area (Å²) in [5, 5.41) is 12.4. The molecule has 23 heavy (non-hydrogen) atoms. The van der Waals surface area contributed by atoms with E-state index in [0.29, 0.717) is 11.3 Å². The van der Waals surface area contributed by atoms with Crippen molar-refractivity contribution in [3.8, 4) is 5.75 Å². The number of phenolic OH excluding ortho intramolecular Hbond substituents is 1. The van der Waals surface area contributed by atoms with Gasteiger partial charge in [-0.2, -0.15) is 0 Å². The summed E-state index contributed by atoms with van der Waals surface area (Å²) in [6, 6.07) is 12.6. The molecule has 5 nitrogen and oxygen atoms in total. The first kappa shape index (κ1) is 15.4. The summed E-state index contributed by atoms with van der Waals surface area (Å²) in [7, 11) is 0. The molecule has 120 valence electrons. The Balaban J connectivity index is 1.68. The summed E-state index contributed by atoms with van der Waals surface area (Å²) in [5.41, 5.74) is 3.10. The van der Waals surface area contributed by atoms with Gasteiger partial charge in [0, 0.05) is 30.0 Å². The quantitative estimate of drug-likeness (QED) is 0.856. The Hall–Kier alpha value is -2.53. The first-order valence-corrected chi connectivity index (χ1v) is 7.67. The Morgan fingerprint density at radius 2 is 1.83 bits per heavy atom. The highest BCUT2D eigenvalue weighted by atomic mass is 16.5. The molecule has 0 saturated carbocycles. The molecule has 2 aromatic carbocycles. The summed E-state index contributed by atoms with van der Waals surface area (Å²) in [6.45, 7) is 5.02. The highest BCUT2D eigenvalue weighted by molar-refractivity contribution is 6.04. The van der Waals surface area contributed by atoms with Crippen LogP contribution in [0.4, 0.5) is 11.4 Å². The molecule has 1 amide bonds. The van der Waals surface area contributed by atoms with Crippen molar-refractivity contribution in [2.75, 3.05) is 36.5 Å². The van der Waals surface area contributed by atoms with Gasteiger partial charge in [-0.1, -0.05) is 0 Å². The van der Waals surface area contributed by atoms with Crippen LogP contribution in [0.1, 0.15) is 15.9 Å². The summed E-state index contributed by atoms with van der Waals surface area (Å²) >= 11 is 0. The number of nitrogens with one attached hydrogen (secondary N) is 1. The van der Waals surface area contributed by atoms with Gasteiger partial charge in [0.2, 0.25) is 0 Å². The molecule has 0 aliphatic carbocycles. The molecule has 3 rings (SSSR count). The van der Waals surface area contributed by atoms with E-state index in [4.69, 9.17) is 4.74 Å². The van der Waals surface area contributed by atoms with Crippen molar-refractivity contribution in [1.29, 1.82) is 0 Å². The number of morpholine rings is 1. The second-order valence-corrected chi connectivity index (χ2v) is 5.60. The first-order valence-electron chi connectivity index (χ1n) is 7.67. The lowest BCUT2D eigenvalue weighted by Crippen LogP contribution is -2.36. The van der Waals surface area contributed by atoms with Gasteiger partial charge in [-0.15, -0.1) is 0 Å². The summed E-state index contributed by atoms with van der Waals surface area (Å²) in [5.74, 6) is 0.0569.